The summed E-state index contributed by atoms with van der Waals surface area (Å²) >= 11 is 8.73. The topological polar surface area (TPSA) is 45.2 Å². The van der Waals surface area contributed by atoms with E-state index in [9.17, 15) is 4.79 Å². The quantitative estimate of drug-likeness (QED) is 0.878. The van der Waals surface area contributed by atoms with Crippen molar-refractivity contribution in [3.05, 3.63) is 40.2 Å². The minimum absolute atomic E-state index is 0.0296. The summed E-state index contributed by atoms with van der Waals surface area (Å²) in [5.74, 6) is 0.671. The summed E-state index contributed by atoms with van der Waals surface area (Å²) in [7, 11) is 0. The third-order valence-electron chi connectivity index (χ3n) is 4.77. The summed E-state index contributed by atoms with van der Waals surface area (Å²) in [6.45, 7) is 3.36. The zero-order chi connectivity index (χ0) is 16.5. The zero-order valence-corrected chi connectivity index (χ0v) is 15.5. The molecule has 2 bridgehead atoms. The van der Waals surface area contributed by atoms with Gasteiger partial charge in [-0.1, -0.05) is 23.4 Å². The highest BCUT2D eigenvalue weighted by Crippen LogP contribution is 2.31. The second-order valence-electron chi connectivity index (χ2n) is 6.31. The smallest absolute Gasteiger partial charge is 0.251 e. The minimum atomic E-state index is 0.0296. The van der Waals surface area contributed by atoms with Crippen LogP contribution in [0.3, 0.4) is 0 Å². The maximum absolute atomic E-state index is 12.5. The fourth-order valence-corrected chi connectivity index (χ4v) is 5.15. The molecule has 4 nitrogen and oxygen atoms in total. The number of carbonyl (C=O) groups excluding carboxylic acids is 1. The number of hydrogen-bond acceptors (Lipinski definition) is 5. The Bertz CT molecular complexity index is 726. The normalized spacial score (nSPS) is 25.6. The molecule has 3 fully saturated rings. The Kier molecular flexibility index (Phi) is 4.81. The summed E-state index contributed by atoms with van der Waals surface area (Å²) in [5, 5.41) is 4.11. The molecule has 1 aromatic carbocycles. The fourth-order valence-electron chi connectivity index (χ4n) is 3.46. The van der Waals surface area contributed by atoms with E-state index in [0.717, 1.165) is 16.5 Å². The monoisotopic (exact) mass is 379 g/mol. The van der Waals surface area contributed by atoms with E-state index < -0.39 is 0 Å². The van der Waals surface area contributed by atoms with E-state index in [-0.39, 0.29) is 5.91 Å². The summed E-state index contributed by atoms with van der Waals surface area (Å²) in [6, 6.07) is 9.84. The maximum atomic E-state index is 12.5. The van der Waals surface area contributed by atoms with Crippen LogP contribution < -0.4 is 5.32 Å². The van der Waals surface area contributed by atoms with E-state index in [1.807, 2.05) is 30.3 Å². The van der Waals surface area contributed by atoms with Crippen LogP contribution in [0.2, 0.25) is 4.34 Å². The molecule has 24 heavy (non-hydrogen) atoms. The second-order valence-corrected chi connectivity index (χ2v) is 8.84. The molecule has 7 heteroatoms. The number of carbonyl (C=O) groups is 1. The zero-order valence-electron chi connectivity index (χ0n) is 13.1. The lowest BCUT2D eigenvalue weighted by molar-refractivity contribution is 0.0620. The average Bonchev–Trinajstić information content (AvgIpc) is 3.01. The van der Waals surface area contributed by atoms with E-state index in [2.05, 4.69) is 14.6 Å². The Labute approximate surface area is 154 Å². The van der Waals surface area contributed by atoms with Crippen molar-refractivity contribution < 1.29 is 4.79 Å². The highest BCUT2D eigenvalue weighted by Gasteiger charge is 2.34. The molecule has 1 amide bonds. The van der Waals surface area contributed by atoms with Gasteiger partial charge in [0.15, 0.2) is 0 Å². The highest BCUT2D eigenvalue weighted by atomic mass is 35.5. The van der Waals surface area contributed by atoms with Crippen molar-refractivity contribution in [1.29, 1.82) is 0 Å². The lowest BCUT2D eigenvalue weighted by Crippen LogP contribution is -2.57. The van der Waals surface area contributed by atoms with Crippen LogP contribution in [0.1, 0.15) is 23.2 Å². The third kappa shape index (κ3) is 3.61. The molecule has 3 saturated heterocycles. The minimum Gasteiger partial charge on any atom is -0.348 e. The van der Waals surface area contributed by atoms with Crippen LogP contribution in [0.5, 0.6) is 0 Å². The SMILES string of the molecule is O=C(N[C@H]1CN2CCC1CC2)c1ccc(Sc2cc(Cl)sn2)cc1. The predicted octanol–water partition coefficient (Wildman–Crippen LogP) is 3.77. The van der Waals surface area contributed by atoms with Crippen LogP contribution >= 0.6 is 34.9 Å². The lowest BCUT2D eigenvalue weighted by Gasteiger charge is -2.44. The summed E-state index contributed by atoms with van der Waals surface area (Å²) in [5.41, 5.74) is 0.715. The Hall–Kier alpha value is -1.08. The van der Waals surface area contributed by atoms with E-state index in [1.54, 1.807) is 11.8 Å². The number of amides is 1. The molecule has 0 aliphatic carbocycles. The summed E-state index contributed by atoms with van der Waals surface area (Å²) in [4.78, 5) is 16.0. The number of nitrogens with zero attached hydrogens (tertiary/aromatic N) is 2. The molecule has 0 unspecified atom stereocenters. The van der Waals surface area contributed by atoms with Gasteiger partial charge in [-0.15, -0.1) is 0 Å². The van der Waals surface area contributed by atoms with Crippen molar-refractivity contribution in [1.82, 2.24) is 14.6 Å². The largest absolute Gasteiger partial charge is 0.348 e. The summed E-state index contributed by atoms with van der Waals surface area (Å²) < 4.78 is 4.94. The number of hydrogen-bond donors (Lipinski definition) is 1. The van der Waals surface area contributed by atoms with Gasteiger partial charge in [0, 0.05) is 29.1 Å². The summed E-state index contributed by atoms with van der Waals surface area (Å²) in [6.07, 6.45) is 2.41. The van der Waals surface area contributed by atoms with Crippen molar-refractivity contribution in [2.75, 3.05) is 19.6 Å². The number of halogens is 1. The molecule has 126 valence electrons. The Morgan fingerprint density at radius 3 is 2.62 bits per heavy atom. The Balaban J connectivity index is 1.38. The standard InChI is InChI=1S/C17H18ClN3OS2/c18-15-9-16(20-24-15)23-13-3-1-12(2-4-13)17(22)19-14-10-21-7-5-11(14)6-8-21/h1-4,9,11,14H,5-8,10H2,(H,19,22)/t14-/m0/s1. The van der Waals surface area contributed by atoms with E-state index >= 15 is 0 Å². The van der Waals surface area contributed by atoms with E-state index in [1.165, 1.54) is 37.5 Å². The first-order valence-corrected chi connectivity index (χ1v) is 10.1. The first-order valence-electron chi connectivity index (χ1n) is 8.11. The van der Waals surface area contributed by atoms with Crippen molar-refractivity contribution in [2.24, 2.45) is 5.92 Å². The number of nitrogens with one attached hydrogen (secondary N) is 1. The average molecular weight is 380 g/mol. The number of fused-ring (bicyclic) bond motifs is 3. The molecule has 1 N–H and O–H groups in total. The van der Waals surface area contributed by atoms with Gasteiger partial charge >= 0.3 is 0 Å². The van der Waals surface area contributed by atoms with Gasteiger partial charge in [-0.05, 0) is 67.6 Å². The van der Waals surface area contributed by atoms with Gasteiger partial charge in [0.05, 0.1) is 0 Å². The molecule has 5 rings (SSSR count). The van der Waals surface area contributed by atoms with Crippen LogP contribution in [0.25, 0.3) is 0 Å². The number of piperidine rings is 3. The van der Waals surface area contributed by atoms with Crippen LogP contribution in [0, 0.1) is 5.92 Å². The Morgan fingerprint density at radius 1 is 1.29 bits per heavy atom. The van der Waals surface area contributed by atoms with Crippen LogP contribution in [0.4, 0.5) is 0 Å². The molecule has 2 aromatic rings. The fraction of sp³-hybridized carbons (Fsp3) is 0.412. The van der Waals surface area contributed by atoms with Crippen LogP contribution in [-0.2, 0) is 0 Å². The molecule has 3 aliphatic heterocycles. The molecule has 0 radical (unpaired) electrons. The van der Waals surface area contributed by atoms with Gasteiger partial charge in [0.2, 0.25) is 0 Å². The second kappa shape index (κ2) is 7.04. The number of aromatic nitrogens is 1. The number of rotatable bonds is 4. The number of benzene rings is 1. The predicted molar refractivity (Wildman–Crippen MR) is 98.1 cm³/mol. The molecule has 4 heterocycles. The molecule has 1 atom stereocenters. The molecule has 3 aliphatic rings. The van der Waals surface area contributed by atoms with Gasteiger partial charge in [0.25, 0.3) is 5.91 Å². The van der Waals surface area contributed by atoms with E-state index in [0.29, 0.717) is 21.9 Å². The molecular formula is C17H18ClN3OS2. The molecule has 1 aromatic heterocycles. The van der Waals surface area contributed by atoms with Crippen molar-refractivity contribution in [3.63, 3.8) is 0 Å². The van der Waals surface area contributed by atoms with Crippen molar-refractivity contribution in [3.8, 4) is 0 Å². The van der Waals surface area contributed by atoms with Crippen LogP contribution in [-0.4, -0.2) is 40.9 Å². The molecule has 0 saturated carbocycles. The van der Waals surface area contributed by atoms with Gasteiger partial charge < -0.3 is 10.2 Å². The van der Waals surface area contributed by atoms with Crippen molar-refractivity contribution >= 4 is 40.8 Å². The maximum Gasteiger partial charge on any atom is 0.251 e. The van der Waals surface area contributed by atoms with Gasteiger partial charge in [-0.2, -0.15) is 4.37 Å². The third-order valence-corrected chi connectivity index (χ3v) is 6.71. The van der Waals surface area contributed by atoms with Gasteiger partial charge in [-0.3, -0.25) is 4.79 Å². The first kappa shape index (κ1) is 16.4. The van der Waals surface area contributed by atoms with Crippen molar-refractivity contribution in [2.45, 2.75) is 28.8 Å². The lowest BCUT2D eigenvalue weighted by atomic mass is 9.84. The van der Waals surface area contributed by atoms with Crippen LogP contribution in [0.15, 0.2) is 40.3 Å². The van der Waals surface area contributed by atoms with Gasteiger partial charge in [0.1, 0.15) is 9.36 Å². The first-order chi connectivity index (χ1) is 11.7. The Morgan fingerprint density at radius 2 is 2.04 bits per heavy atom. The molecule has 0 spiro atoms. The molecular weight excluding hydrogens is 362 g/mol. The highest BCUT2D eigenvalue weighted by molar-refractivity contribution is 7.99. The van der Waals surface area contributed by atoms with E-state index in [4.69, 9.17) is 11.6 Å². The van der Waals surface area contributed by atoms with Gasteiger partial charge in [-0.25, -0.2) is 0 Å².